The molecule has 0 fully saturated rings. The number of rotatable bonds is 10. The summed E-state index contributed by atoms with van der Waals surface area (Å²) in [6.45, 7) is 4.25. The van der Waals surface area contributed by atoms with Crippen molar-refractivity contribution >= 4 is 23.6 Å². The third kappa shape index (κ3) is 7.66. The van der Waals surface area contributed by atoms with E-state index in [-0.39, 0.29) is 17.5 Å². The number of ether oxygens (including phenoxy) is 1. The number of nitrogens with one attached hydrogen (secondary N) is 2. The normalized spacial score (nSPS) is 11.0. The highest BCUT2D eigenvalue weighted by atomic mass is 16.5. The van der Waals surface area contributed by atoms with Crippen LogP contribution in [0.2, 0.25) is 0 Å². The van der Waals surface area contributed by atoms with E-state index in [1.54, 1.807) is 18.2 Å². The van der Waals surface area contributed by atoms with E-state index in [1.165, 1.54) is 26.2 Å². The lowest BCUT2D eigenvalue weighted by atomic mass is 10.2. The molecule has 2 aromatic rings. The summed E-state index contributed by atoms with van der Waals surface area (Å²) < 4.78 is 5.71. The van der Waals surface area contributed by atoms with E-state index in [4.69, 9.17) is 4.74 Å². The molecule has 2 N–H and O–H groups in total. The van der Waals surface area contributed by atoms with Crippen molar-refractivity contribution in [2.24, 2.45) is 0 Å². The van der Waals surface area contributed by atoms with Gasteiger partial charge in [-0.3, -0.25) is 9.59 Å². The Bertz CT molecular complexity index is 783. The maximum absolute atomic E-state index is 12.6. The standard InChI is InChI=1S/C23H28N2O3/c1-3-4-5-9-16-28-21-14-12-20(13-15-21)25-23(27)22(24-18(2)26)17-19-10-7-6-8-11-19/h6-8,10-15,17H,3-5,9,16H2,1-2H3,(H,24,26)(H,25,27)/b22-17-. The Morgan fingerprint density at radius 2 is 1.68 bits per heavy atom. The second kappa shape index (κ2) is 11.6. The molecule has 0 heterocycles. The average molecular weight is 380 g/mol. The molecule has 0 bridgehead atoms. The molecule has 0 aliphatic rings. The maximum Gasteiger partial charge on any atom is 0.272 e. The summed E-state index contributed by atoms with van der Waals surface area (Å²) in [5.41, 5.74) is 1.65. The fourth-order valence-corrected chi connectivity index (χ4v) is 2.62. The van der Waals surface area contributed by atoms with Gasteiger partial charge in [-0.05, 0) is 42.3 Å². The molecule has 0 saturated carbocycles. The lowest BCUT2D eigenvalue weighted by Gasteiger charge is -2.11. The summed E-state index contributed by atoms with van der Waals surface area (Å²) in [6.07, 6.45) is 6.28. The molecule has 148 valence electrons. The van der Waals surface area contributed by atoms with E-state index in [2.05, 4.69) is 17.6 Å². The van der Waals surface area contributed by atoms with Crippen LogP contribution >= 0.6 is 0 Å². The van der Waals surface area contributed by atoms with Crippen molar-refractivity contribution in [3.63, 3.8) is 0 Å². The van der Waals surface area contributed by atoms with Crippen molar-refractivity contribution in [2.75, 3.05) is 11.9 Å². The molecule has 5 nitrogen and oxygen atoms in total. The van der Waals surface area contributed by atoms with Crippen LogP contribution in [-0.4, -0.2) is 18.4 Å². The molecule has 0 aromatic heterocycles. The smallest absolute Gasteiger partial charge is 0.272 e. The molecule has 0 atom stereocenters. The molecular formula is C23H28N2O3. The van der Waals surface area contributed by atoms with Gasteiger partial charge in [-0.2, -0.15) is 0 Å². The van der Waals surface area contributed by atoms with Crippen LogP contribution in [0.4, 0.5) is 5.69 Å². The molecule has 28 heavy (non-hydrogen) atoms. The number of hydrogen-bond donors (Lipinski definition) is 2. The van der Waals surface area contributed by atoms with Crippen molar-refractivity contribution < 1.29 is 14.3 Å². The van der Waals surface area contributed by atoms with Gasteiger partial charge in [-0.15, -0.1) is 0 Å². The molecule has 0 aliphatic heterocycles. The second-order valence-corrected chi connectivity index (χ2v) is 6.54. The highest BCUT2D eigenvalue weighted by molar-refractivity contribution is 6.08. The Hall–Kier alpha value is -3.08. The topological polar surface area (TPSA) is 67.4 Å². The number of anilines is 1. The van der Waals surface area contributed by atoms with Gasteiger partial charge in [0.05, 0.1) is 6.61 Å². The minimum Gasteiger partial charge on any atom is -0.494 e. The Balaban J connectivity index is 1.97. The molecule has 2 amide bonds. The Kier molecular flexibility index (Phi) is 8.79. The number of benzene rings is 2. The number of unbranched alkanes of at least 4 members (excludes halogenated alkanes) is 3. The van der Waals surface area contributed by atoms with Crippen molar-refractivity contribution in [1.29, 1.82) is 0 Å². The molecule has 0 saturated heterocycles. The first kappa shape index (κ1) is 21.2. The molecule has 0 radical (unpaired) electrons. The lowest BCUT2D eigenvalue weighted by molar-refractivity contribution is -0.120. The van der Waals surface area contributed by atoms with Gasteiger partial charge in [0, 0.05) is 12.6 Å². The van der Waals surface area contributed by atoms with Crippen LogP contribution in [0.5, 0.6) is 5.75 Å². The quantitative estimate of drug-likeness (QED) is 0.461. The number of carbonyl (C=O) groups is 2. The van der Waals surface area contributed by atoms with Crippen LogP contribution < -0.4 is 15.4 Å². The Morgan fingerprint density at radius 1 is 0.964 bits per heavy atom. The Morgan fingerprint density at radius 3 is 2.32 bits per heavy atom. The summed E-state index contributed by atoms with van der Waals surface area (Å²) in [7, 11) is 0. The highest BCUT2D eigenvalue weighted by Crippen LogP contribution is 2.17. The minimum atomic E-state index is -0.382. The maximum atomic E-state index is 12.6. The van der Waals surface area contributed by atoms with Gasteiger partial charge >= 0.3 is 0 Å². The zero-order chi connectivity index (χ0) is 20.2. The molecule has 0 unspecified atom stereocenters. The van der Waals surface area contributed by atoms with Crippen LogP contribution in [0.25, 0.3) is 6.08 Å². The fraction of sp³-hybridized carbons (Fsp3) is 0.304. The molecular weight excluding hydrogens is 352 g/mol. The van der Waals surface area contributed by atoms with Gasteiger partial charge in [0.15, 0.2) is 0 Å². The zero-order valence-corrected chi connectivity index (χ0v) is 16.5. The summed E-state index contributed by atoms with van der Waals surface area (Å²) >= 11 is 0. The predicted molar refractivity (Wildman–Crippen MR) is 113 cm³/mol. The van der Waals surface area contributed by atoms with Gasteiger partial charge in [-0.25, -0.2) is 0 Å². The summed E-state index contributed by atoms with van der Waals surface area (Å²) in [5.74, 6) is 0.0906. The van der Waals surface area contributed by atoms with Gasteiger partial charge in [0.25, 0.3) is 5.91 Å². The van der Waals surface area contributed by atoms with Gasteiger partial charge in [-0.1, -0.05) is 56.5 Å². The monoisotopic (exact) mass is 380 g/mol. The van der Waals surface area contributed by atoms with Crippen LogP contribution in [0, 0.1) is 0 Å². The predicted octanol–water partition coefficient (Wildman–Crippen LogP) is 4.76. The SMILES string of the molecule is CCCCCCOc1ccc(NC(=O)/C(=C/c2ccccc2)NC(C)=O)cc1. The van der Waals surface area contributed by atoms with E-state index in [0.29, 0.717) is 12.3 Å². The average Bonchev–Trinajstić information content (AvgIpc) is 2.69. The molecule has 2 aromatic carbocycles. The minimum absolute atomic E-state index is 0.190. The number of hydrogen-bond acceptors (Lipinski definition) is 3. The third-order valence-electron chi connectivity index (χ3n) is 4.04. The lowest BCUT2D eigenvalue weighted by Crippen LogP contribution is -2.28. The summed E-state index contributed by atoms with van der Waals surface area (Å²) in [5, 5.41) is 5.39. The molecule has 0 aliphatic carbocycles. The largest absolute Gasteiger partial charge is 0.494 e. The Labute approximate surface area is 166 Å². The third-order valence-corrected chi connectivity index (χ3v) is 4.04. The second-order valence-electron chi connectivity index (χ2n) is 6.54. The van der Waals surface area contributed by atoms with Crippen molar-refractivity contribution in [3.05, 3.63) is 65.9 Å². The number of carbonyl (C=O) groups excluding carboxylic acids is 2. The van der Waals surface area contributed by atoms with Gasteiger partial charge in [0.1, 0.15) is 11.4 Å². The van der Waals surface area contributed by atoms with Crippen molar-refractivity contribution in [2.45, 2.75) is 39.5 Å². The van der Waals surface area contributed by atoms with Gasteiger partial charge < -0.3 is 15.4 Å². The zero-order valence-electron chi connectivity index (χ0n) is 16.5. The van der Waals surface area contributed by atoms with Gasteiger partial charge in [0.2, 0.25) is 5.91 Å². The van der Waals surface area contributed by atoms with Crippen molar-refractivity contribution in [3.8, 4) is 5.75 Å². The highest BCUT2D eigenvalue weighted by Gasteiger charge is 2.11. The summed E-state index contributed by atoms with van der Waals surface area (Å²) in [6, 6.07) is 16.6. The molecule has 5 heteroatoms. The first-order valence-electron chi connectivity index (χ1n) is 9.67. The van der Waals surface area contributed by atoms with Crippen LogP contribution in [-0.2, 0) is 9.59 Å². The van der Waals surface area contributed by atoms with Crippen LogP contribution in [0.3, 0.4) is 0 Å². The van der Waals surface area contributed by atoms with E-state index in [9.17, 15) is 9.59 Å². The molecule has 0 spiro atoms. The fourth-order valence-electron chi connectivity index (χ4n) is 2.62. The first-order valence-corrected chi connectivity index (χ1v) is 9.67. The first-order chi connectivity index (χ1) is 13.6. The summed E-state index contributed by atoms with van der Waals surface area (Å²) in [4.78, 5) is 24.0. The van der Waals surface area contributed by atoms with E-state index in [0.717, 1.165) is 17.7 Å². The van der Waals surface area contributed by atoms with Crippen LogP contribution in [0.1, 0.15) is 45.1 Å². The molecule has 2 rings (SSSR count). The van der Waals surface area contributed by atoms with Crippen LogP contribution in [0.15, 0.2) is 60.3 Å². The van der Waals surface area contributed by atoms with E-state index < -0.39 is 0 Å². The number of amides is 2. The van der Waals surface area contributed by atoms with Crippen molar-refractivity contribution in [1.82, 2.24) is 5.32 Å². The van der Waals surface area contributed by atoms with E-state index >= 15 is 0 Å². The van der Waals surface area contributed by atoms with E-state index in [1.807, 2.05) is 42.5 Å².